The van der Waals surface area contributed by atoms with Gasteiger partial charge in [0.2, 0.25) is 5.95 Å². The first-order chi connectivity index (χ1) is 10.4. The third-order valence-corrected chi connectivity index (χ3v) is 4.03. The van der Waals surface area contributed by atoms with Crippen molar-refractivity contribution < 1.29 is 0 Å². The molecule has 0 atom stereocenters. The lowest BCUT2D eigenvalue weighted by molar-refractivity contribution is 0.744. The van der Waals surface area contributed by atoms with E-state index in [1.165, 1.54) is 25.7 Å². The van der Waals surface area contributed by atoms with Crippen molar-refractivity contribution in [3.8, 4) is 11.4 Å². The molecule has 3 aromatic heterocycles. The van der Waals surface area contributed by atoms with E-state index in [0.717, 1.165) is 16.9 Å². The second kappa shape index (κ2) is 5.16. The molecule has 0 unspecified atom stereocenters. The van der Waals surface area contributed by atoms with Crippen LogP contribution in [0.1, 0.15) is 25.7 Å². The highest BCUT2D eigenvalue weighted by atomic mass is 15.2. The number of anilines is 1. The molecule has 1 N–H and O–H groups in total. The van der Waals surface area contributed by atoms with Crippen molar-refractivity contribution >= 4 is 11.5 Å². The average Bonchev–Trinajstić information content (AvgIpc) is 3.18. The first kappa shape index (κ1) is 12.3. The van der Waals surface area contributed by atoms with E-state index in [9.17, 15) is 0 Å². The molecule has 0 amide bonds. The quantitative estimate of drug-likeness (QED) is 0.800. The summed E-state index contributed by atoms with van der Waals surface area (Å²) >= 11 is 0. The molecule has 0 radical (unpaired) electrons. The predicted molar refractivity (Wildman–Crippen MR) is 82.1 cm³/mol. The summed E-state index contributed by atoms with van der Waals surface area (Å²) in [5, 5.41) is 7.80. The fourth-order valence-corrected chi connectivity index (χ4v) is 2.97. The van der Waals surface area contributed by atoms with Gasteiger partial charge < -0.3 is 5.32 Å². The van der Waals surface area contributed by atoms with Gasteiger partial charge in [-0.3, -0.25) is 0 Å². The van der Waals surface area contributed by atoms with Crippen LogP contribution in [0.15, 0.2) is 42.7 Å². The Morgan fingerprint density at radius 3 is 2.86 bits per heavy atom. The van der Waals surface area contributed by atoms with E-state index in [1.54, 1.807) is 6.20 Å². The molecule has 5 nitrogen and oxygen atoms in total. The Bertz CT molecular complexity index is 758. The largest absolute Gasteiger partial charge is 0.351 e. The number of rotatable bonds is 3. The number of hydrogen-bond donors (Lipinski definition) is 1. The highest BCUT2D eigenvalue weighted by molar-refractivity contribution is 5.61. The standard InChI is InChI=1S/C16H17N5/c1-2-5-12(4-1)19-16-17-10-9-14(20-16)15-7-3-6-13-8-11-18-21(13)15/h3,6-12H,1-2,4-5H2,(H,17,19,20). The number of fused-ring (bicyclic) bond motifs is 1. The van der Waals surface area contributed by atoms with Crippen LogP contribution in [0, 0.1) is 0 Å². The van der Waals surface area contributed by atoms with Gasteiger partial charge in [0.1, 0.15) is 0 Å². The molecule has 0 bridgehead atoms. The molecule has 1 aliphatic carbocycles. The van der Waals surface area contributed by atoms with Crippen LogP contribution in [0.25, 0.3) is 16.9 Å². The normalized spacial score (nSPS) is 15.6. The van der Waals surface area contributed by atoms with Gasteiger partial charge >= 0.3 is 0 Å². The van der Waals surface area contributed by atoms with Gasteiger partial charge in [0.05, 0.1) is 23.1 Å². The molecular formula is C16H17N5. The van der Waals surface area contributed by atoms with Gasteiger partial charge in [-0.25, -0.2) is 14.5 Å². The summed E-state index contributed by atoms with van der Waals surface area (Å²) < 4.78 is 1.90. The van der Waals surface area contributed by atoms with E-state index in [-0.39, 0.29) is 0 Å². The average molecular weight is 279 g/mol. The summed E-state index contributed by atoms with van der Waals surface area (Å²) in [6, 6.07) is 10.5. The molecule has 1 fully saturated rings. The summed E-state index contributed by atoms with van der Waals surface area (Å²) in [4.78, 5) is 9.00. The van der Waals surface area contributed by atoms with Crippen molar-refractivity contribution in [2.75, 3.05) is 5.32 Å². The Labute approximate surface area is 123 Å². The number of nitrogens with one attached hydrogen (secondary N) is 1. The third-order valence-electron chi connectivity index (χ3n) is 4.03. The lowest BCUT2D eigenvalue weighted by atomic mass is 10.2. The zero-order valence-corrected chi connectivity index (χ0v) is 11.7. The maximum Gasteiger partial charge on any atom is 0.223 e. The lowest BCUT2D eigenvalue weighted by Crippen LogP contribution is -2.16. The molecule has 106 valence electrons. The van der Waals surface area contributed by atoms with Crippen molar-refractivity contribution in [2.24, 2.45) is 0 Å². The van der Waals surface area contributed by atoms with Crippen molar-refractivity contribution in [3.63, 3.8) is 0 Å². The van der Waals surface area contributed by atoms with Crippen LogP contribution >= 0.6 is 0 Å². The number of pyridine rings is 1. The molecule has 5 heteroatoms. The number of hydrogen-bond acceptors (Lipinski definition) is 4. The van der Waals surface area contributed by atoms with Crippen LogP contribution in [-0.4, -0.2) is 25.6 Å². The minimum absolute atomic E-state index is 0.515. The molecule has 0 spiro atoms. The van der Waals surface area contributed by atoms with E-state index < -0.39 is 0 Å². The van der Waals surface area contributed by atoms with Crippen LogP contribution in [-0.2, 0) is 0 Å². The Kier molecular flexibility index (Phi) is 3.03. The predicted octanol–water partition coefficient (Wildman–Crippen LogP) is 3.15. The third kappa shape index (κ3) is 2.35. The van der Waals surface area contributed by atoms with E-state index in [1.807, 2.05) is 41.0 Å². The van der Waals surface area contributed by atoms with E-state index in [2.05, 4.69) is 20.4 Å². The first-order valence-electron chi connectivity index (χ1n) is 7.43. The number of nitrogens with zero attached hydrogens (tertiary/aromatic N) is 4. The molecule has 3 heterocycles. The SMILES string of the molecule is c1cc(-c2ccnc(NC3CCCC3)n2)n2nccc2c1. The summed E-state index contributed by atoms with van der Waals surface area (Å²) in [5.74, 6) is 0.712. The molecule has 4 rings (SSSR count). The molecule has 0 aliphatic heterocycles. The molecule has 0 saturated heterocycles. The summed E-state index contributed by atoms with van der Waals surface area (Å²) in [6.45, 7) is 0. The summed E-state index contributed by atoms with van der Waals surface area (Å²) in [7, 11) is 0. The fourth-order valence-electron chi connectivity index (χ4n) is 2.97. The zero-order valence-electron chi connectivity index (χ0n) is 11.7. The second-order valence-electron chi connectivity index (χ2n) is 5.47. The van der Waals surface area contributed by atoms with E-state index >= 15 is 0 Å². The number of aromatic nitrogens is 4. The zero-order chi connectivity index (χ0) is 14.1. The van der Waals surface area contributed by atoms with Crippen molar-refractivity contribution in [1.29, 1.82) is 0 Å². The Morgan fingerprint density at radius 2 is 1.95 bits per heavy atom. The molecule has 21 heavy (non-hydrogen) atoms. The van der Waals surface area contributed by atoms with Crippen LogP contribution < -0.4 is 5.32 Å². The fraction of sp³-hybridized carbons (Fsp3) is 0.312. The molecule has 3 aromatic rings. The van der Waals surface area contributed by atoms with Gasteiger partial charge in [0, 0.05) is 12.2 Å². The van der Waals surface area contributed by atoms with Gasteiger partial charge in [-0.05, 0) is 37.1 Å². The van der Waals surface area contributed by atoms with Crippen molar-refractivity contribution in [2.45, 2.75) is 31.7 Å². The Hall–Kier alpha value is -2.43. The van der Waals surface area contributed by atoms with Crippen molar-refractivity contribution in [1.82, 2.24) is 19.6 Å². The topological polar surface area (TPSA) is 55.1 Å². The molecule has 1 saturated carbocycles. The second-order valence-corrected chi connectivity index (χ2v) is 5.47. The van der Waals surface area contributed by atoms with E-state index in [4.69, 9.17) is 0 Å². The van der Waals surface area contributed by atoms with Gasteiger partial charge in [-0.1, -0.05) is 18.9 Å². The first-order valence-corrected chi connectivity index (χ1v) is 7.43. The monoisotopic (exact) mass is 279 g/mol. The molecular weight excluding hydrogens is 262 g/mol. The highest BCUT2D eigenvalue weighted by Gasteiger charge is 2.16. The van der Waals surface area contributed by atoms with Crippen LogP contribution in [0.5, 0.6) is 0 Å². The van der Waals surface area contributed by atoms with Gasteiger partial charge in [0.15, 0.2) is 0 Å². The maximum atomic E-state index is 4.65. The van der Waals surface area contributed by atoms with Crippen LogP contribution in [0.3, 0.4) is 0 Å². The maximum absolute atomic E-state index is 4.65. The smallest absolute Gasteiger partial charge is 0.223 e. The Balaban J connectivity index is 1.70. The molecule has 1 aliphatic rings. The van der Waals surface area contributed by atoms with Gasteiger partial charge in [0.25, 0.3) is 0 Å². The van der Waals surface area contributed by atoms with Gasteiger partial charge in [-0.15, -0.1) is 0 Å². The Morgan fingerprint density at radius 1 is 1.05 bits per heavy atom. The van der Waals surface area contributed by atoms with Crippen molar-refractivity contribution in [3.05, 3.63) is 42.7 Å². The highest BCUT2D eigenvalue weighted by Crippen LogP contribution is 2.22. The van der Waals surface area contributed by atoms with Gasteiger partial charge in [-0.2, -0.15) is 5.10 Å². The molecule has 0 aromatic carbocycles. The van der Waals surface area contributed by atoms with E-state index in [0.29, 0.717) is 12.0 Å². The minimum Gasteiger partial charge on any atom is -0.351 e. The van der Waals surface area contributed by atoms with Crippen LogP contribution in [0.2, 0.25) is 0 Å². The summed E-state index contributed by atoms with van der Waals surface area (Å²) in [5.41, 5.74) is 2.94. The summed E-state index contributed by atoms with van der Waals surface area (Å²) in [6.07, 6.45) is 8.62. The van der Waals surface area contributed by atoms with Crippen LogP contribution in [0.4, 0.5) is 5.95 Å². The minimum atomic E-state index is 0.515. The lowest BCUT2D eigenvalue weighted by Gasteiger charge is -2.12.